The first-order valence-electron chi connectivity index (χ1n) is 23.1. The first-order chi connectivity index (χ1) is 32.6. The third-order valence-corrected chi connectivity index (χ3v) is 14.4. The second-order valence-electron chi connectivity index (χ2n) is 18.3. The zero-order valence-corrected chi connectivity index (χ0v) is 37.0. The van der Waals surface area contributed by atoms with Crippen LogP contribution in [0.25, 0.3) is 99.4 Å². The SMILES string of the molecule is CC1(C)c2cc(N(c3ccccc3-c3ccccc3)c3ccccc3-c3ccccc3)ccc2-c2c1cc1c3c(cccc23)-c2c-1c(-c1ccccc1)c1ccccc1c2-c1ccccc1. The Kier molecular flexibility index (Phi) is 8.63. The summed E-state index contributed by atoms with van der Waals surface area (Å²) in [4.78, 5) is 2.49. The number of fused-ring (bicyclic) bond motifs is 8. The molecule has 0 aliphatic heterocycles. The topological polar surface area (TPSA) is 3.24 Å². The molecule has 0 atom stereocenters. The quantitative estimate of drug-likeness (QED) is 0.155. The van der Waals surface area contributed by atoms with Gasteiger partial charge in [-0.2, -0.15) is 0 Å². The van der Waals surface area contributed by atoms with Gasteiger partial charge in [-0.1, -0.05) is 220 Å². The van der Waals surface area contributed by atoms with Crippen LogP contribution in [-0.2, 0) is 5.41 Å². The van der Waals surface area contributed by atoms with Crippen LogP contribution in [0.15, 0.2) is 237 Å². The lowest BCUT2D eigenvalue weighted by Crippen LogP contribution is -2.17. The summed E-state index contributed by atoms with van der Waals surface area (Å²) in [6.07, 6.45) is 0. The summed E-state index contributed by atoms with van der Waals surface area (Å²) in [6.45, 7) is 4.88. The van der Waals surface area contributed by atoms with Crippen LogP contribution in [0.4, 0.5) is 17.1 Å². The molecule has 0 spiro atoms. The highest BCUT2D eigenvalue weighted by Gasteiger charge is 2.41. The summed E-state index contributed by atoms with van der Waals surface area (Å²) in [5, 5.41) is 5.23. The number of para-hydroxylation sites is 2. The molecular weight excluding hydrogens is 795 g/mol. The van der Waals surface area contributed by atoms with Gasteiger partial charge in [0, 0.05) is 22.2 Å². The zero-order chi connectivity index (χ0) is 43.9. The van der Waals surface area contributed by atoms with Crippen LogP contribution in [0.5, 0.6) is 0 Å². The maximum Gasteiger partial charge on any atom is 0.0540 e. The molecule has 66 heavy (non-hydrogen) atoms. The van der Waals surface area contributed by atoms with Crippen molar-refractivity contribution in [1.82, 2.24) is 0 Å². The molecule has 0 bridgehead atoms. The van der Waals surface area contributed by atoms with Crippen molar-refractivity contribution in [2.75, 3.05) is 4.90 Å². The van der Waals surface area contributed by atoms with Gasteiger partial charge in [0.05, 0.1) is 11.4 Å². The van der Waals surface area contributed by atoms with Gasteiger partial charge in [0.15, 0.2) is 0 Å². The van der Waals surface area contributed by atoms with Crippen LogP contribution in [0.2, 0.25) is 0 Å². The first kappa shape index (κ1) is 38.2. The molecule has 0 saturated carbocycles. The highest BCUT2D eigenvalue weighted by Crippen LogP contribution is 2.62. The molecule has 0 unspecified atom stereocenters. The molecule has 1 heteroatoms. The Morgan fingerprint density at radius 2 is 0.727 bits per heavy atom. The fourth-order valence-corrected chi connectivity index (χ4v) is 11.5. The molecule has 0 fully saturated rings. The second kappa shape index (κ2) is 14.9. The average molecular weight is 840 g/mol. The molecule has 0 N–H and O–H groups in total. The predicted molar refractivity (Wildman–Crippen MR) is 280 cm³/mol. The molecule has 0 radical (unpaired) electrons. The molecule has 13 rings (SSSR count). The normalized spacial score (nSPS) is 12.8. The fourth-order valence-electron chi connectivity index (χ4n) is 11.5. The van der Waals surface area contributed by atoms with Gasteiger partial charge < -0.3 is 4.90 Å². The van der Waals surface area contributed by atoms with Crippen molar-refractivity contribution in [2.24, 2.45) is 0 Å². The highest BCUT2D eigenvalue weighted by molar-refractivity contribution is 6.29. The van der Waals surface area contributed by atoms with Gasteiger partial charge >= 0.3 is 0 Å². The minimum atomic E-state index is -0.306. The lowest BCUT2D eigenvalue weighted by atomic mass is 9.79. The van der Waals surface area contributed by atoms with E-state index < -0.39 is 0 Å². The van der Waals surface area contributed by atoms with E-state index in [2.05, 4.69) is 255 Å². The molecule has 2 aliphatic carbocycles. The van der Waals surface area contributed by atoms with E-state index in [4.69, 9.17) is 0 Å². The Labute approximate surface area is 386 Å². The summed E-state index contributed by atoms with van der Waals surface area (Å²) in [5.41, 5.74) is 23.6. The summed E-state index contributed by atoms with van der Waals surface area (Å²) in [6, 6.07) is 87.4. The third-order valence-electron chi connectivity index (χ3n) is 14.4. The Hall–Kier alpha value is -8.26. The van der Waals surface area contributed by atoms with E-state index in [0.717, 1.165) is 17.1 Å². The minimum Gasteiger partial charge on any atom is -0.309 e. The number of anilines is 3. The number of hydrogen-bond acceptors (Lipinski definition) is 1. The van der Waals surface area contributed by atoms with Crippen molar-refractivity contribution in [3.05, 3.63) is 248 Å². The standard InChI is InChI=1S/C65H45N/c1-65(2)55-40-46(66(57-36-19-17-30-47(57)42-22-7-3-8-23-42)58-37-20-18-31-48(58)43-24-9-4-10-25-43)38-39-51(55)62-52-34-21-35-53-61(52)54(41-56(62)65)64-60(45-28-13-6-14-29-45)50-33-16-15-32-49(50)59(63(53)64)44-26-11-5-12-27-44/h3-41H,1-2H3. The Balaban J connectivity index is 1.07. The van der Waals surface area contributed by atoms with Crippen molar-refractivity contribution in [2.45, 2.75) is 19.3 Å². The largest absolute Gasteiger partial charge is 0.309 e. The molecule has 11 aromatic rings. The molecular formula is C65H45N. The van der Waals surface area contributed by atoms with Crippen LogP contribution in [0, 0.1) is 0 Å². The Morgan fingerprint density at radius 3 is 1.27 bits per heavy atom. The molecule has 310 valence electrons. The van der Waals surface area contributed by atoms with Gasteiger partial charge in [-0.15, -0.1) is 0 Å². The van der Waals surface area contributed by atoms with Crippen molar-refractivity contribution in [3.63, 3.8) is 0 Å². The van der Waals surface area contributed by atoms with E-state index >= 15 is 0 Å². The van der Waals surface area contributed by atoms with E-state index in [9.17, 15) is 0 Å². The predicted octanol–water partition coefficient (Wildman–Crippen LogP) is 18.1. The smallest absolute Gasteiger partial charge is 0.0540 e. The van der Waals surface area contributed by atoms with Gasteiger partial charge in [-0.25, -0.2) is 0 Å². The second-order valence-corrected chi connectivity index (χ2v) is 18.3. The summed E-state index contributed by atoms with van der Waals surface area (Å²) >= 11 is 0. The third kappa shape index (κ3) is 5.66. The highest BCUT2D eigenvalue weighted by atomic mass is 15.1. The first-order valence-corrected chi connectivity index (χ1v) is 23.1. The van der Waals surface area contributed by atoms with Crippen LogP contribution < -0.4 is 4.90 Å². The van der Waals surface area contributed by atoms with E-state index in [1.54, 1.807) is 0 Å². The van der Waals surface area contributed by atoms with Gasteiger partial charge in [-0.05, 0) is 130 Å². The molecule has 11 aromatic carbocycles. The van der Waals surface area contributed by atoms with Gasteiger partial charge in [0.2, 0.25) is 0 Å². The lowest BCUT2D eigenvalue weighted by Gasteiger charge is -2.31. The Bertz CT molecular complexity index is 3620. The van der Waals surface area contributed by atoms with Gasteiger partial charge in [0.25, 0.3) is 0 Å². The molecule has 0 aromatic heterocycles. The van der Waals surface area contributed by atoms with Crippen LogP contribution >= 0.6 is 0 Å². The van der Waals surface area contributed by atoms with Crippen molar-refractivity contribution in [3.8, 4) is 77.9 Å². The maximum absolute atomic E-state index is 2.58. The maximum atomic E-state index is 2.58. The van der Waals surface area contributed by atoms with Crippen molar-refractivity contribution in [1.29, 1.82) is 0 Å². The molecule has 1 nitrogen and oxygen atoms in total. The van der Waals surface area contributed by atoms with Crippen LogP contribution in [0.3, 0.4) is 0 Å². The monoisotopic (exact) mass is 839 g/mol. The summed E-state index contributed by atoms with van der Waals surface area (Å²) in [7, 11) is 0. The molecule has 0 amide bonds. The van der Waals surface area contributed by atoms with Crippen LogP contribution in [0.1, 0.15) is 25.0 Å². The number of nitrogens with zero attached hydrogens (tertiary/aromatic N) is 1. The van der Waals surface area contributed by atoms with E-state index in [0.29, 0.717) is 0 Å². The van der Waals surface area contributed by atoms with E-state index in [1.165, 1.54) is 111 Å². The number of hydrogen-bond donors (Lipinski definition) is 0. The molecule has 2 aliphatic rings. The summed E-state index contributed by atoms with van der Waals surface area (Å²) < 4.78 is 0. The zero-order valence-electron chi connectivity index (χ0n) is 37.0. The molecule has 0 saturated heterocycles. The lowest BCUT2D eigenvalue weighted by molar-refractivity contribution is 0.661. The van der Waals surface area contributed by atoms with E-state index in [1.807, 2.05) is 0 Å². The number of benzene rings is 11. The Morgan fingerprint density at radius 1 is 0.288 bits per heavy atom. The van der Waals surface area contributed by atoms with Gasteiger partial charge in [0.1, 0.15) is 0 Å². The molecule has 0 heterocycles. The van der Waals surface area contributed by atoms with Gasteiger partial charge in [-0.3, -0.25) is 0 Å². The van der Waals surface area contributed by atoms with Crippen molar-refractivity contribution < 1.29 is 0 Å². The van der Waals surface area contributed by atoms with Crippen LogP contribution in [-0.4, -0.2) is 0 Å². The minimum absolute atomic E-state index is 0.306. The van der Waals surface area contributed by atoms with E-state index in [-0.39, 0.29) is 5.41 Å². The summed E-state index contributed by atoms with van der Waals surface area (Å²) in [5.74, 6) is 0. The number of rotatable bonds is 7. The fraction of sp³-hybridized carbons (Fsp3) is 0.0462. The van der Waals surface area contributed by atoms with Crippen molar-refractivity contribution >= 4 is 38.6 Å². The average Bonchev–Trinajstić information content (AvgIpc) is 3.82.